The topological polar surface area (TPSA) is 73.6 Å². The summed E-state index contributed by atoms with van der Waals surface area (Å²) in [7, 11) is 3.59. The lowest BCUT2D eigenvalue weighted by Gasteiger charge is -2.37. The average molecular weight is 519 g/mol. The lowest BCUT2D eigenvalue weighted by Crippen LogP contribution is -2.54. The summed E-state index contributed by atoms with van der Waals surface area (Å²) in [6.45, 7) is 7.99. The van der Waals surface area contributed by atoms with Crippen LogP contribution in [0, 0.1) is 5.92 Å². The normalized spacial score (nSPS) is 19.2. The molecule has 2 aliphatic heterocycles. The first-order valence-corrected chi connectivity index (χ1v) is 10.2. The number of nitrogens with zero attached hydrogens (tertiary/aromatic N) is 4. The van der Waals surface area contributed by atoms with Crippen molar-refractivity contribution in [1.29, 1.82) is 0 Å². The van der Waals surface area contributed by atoms with Gasteiger partial charge in [0, 0.05) is 53.4 Å². The Balaban J connectivity index is 0.00000300. The molecule has 1 aromatic rings. The fourth-order valence-electron chi connectivity index (χ4n) is 3.88. The highest BCUT2D eigenvalue weighted by Gasteiger charge is 2.26. The van der Waals surface area contributed by atoms with Crippen LogP contribution >= 0.6 is 24.0 Å². The lowest BCUT2D eigenvalue weighted by atomic mass is 9.97. The van der Waals surface area contributed by atoms with E-state index in [1.165, 1.54) is 19.1 Å². The minimum atomic E-state index is -0.0344. The SMILES string of the molecule is CN=C(NCC1CCN(CCOC)CC1)N1CCN(C(=O)c2ccco2)CC1.I. The van der Waals surface area contributed by atoms with E-state index in [-0.39, 0.29) is 29.9 Å². The molecule has 0 aromatic carbocycles. The molecule has 0 spiro atoms. The molecule has 3 heterocycles. The van der Waals surface area contributed by atoms with Gasteiger partial charge in [0.05, 0.1) is 12.9 Å². The number of amides is 1. The van der Waals surface area contributed by atoms with Gasteiger partial charge in [0.1, 0.15) is 0 Å². The van der Waals surface area contributed by atoms with Crippen molar-refractivity contribution in [2.75, 3.05) is 73.1 Å². The second-order valence-corrected chi connectivity index (χ2v) is 7.46. The summed E-state index contributed by atoms with van der Waals surface area (Å²) in [5.74, 6) is 1.99. The van der Waals surface area contributed by atoms with Crippen LogP contribution in [0.15, 0.2) is 27.8 Å². The Hall–Kier alpha value is -1.33. The Morgan fingerprint density at radius 2 is 1.90 bits per heavy atom. The fraction of sp³-hybridized carbons (Fsp3) is 0.700. The molecule has 2 fully saturated rings. The first-order chi connectivity index (χ1) is 13.7. The Labute approximate surface area is 190 Å². The van der Waals surface area contributed by atoms with Crippen molar-refractivity contribution >= 4 is 35.8 Å². The zero-order valence-corrected chi connectivity index (χ0v) is 19.8. The summed E-state index contributed by atoms with van der Waals surface area (Å²) in [6, 6.07) is 3.47. The van der Waals surface area contributed by atoms with Crippen molar-refractivity contribution in [3.8, 4) is 0 Å². The number of nitrogens with one attached hydrogen (secondary N) is 1. The van der Waals surface area contributed by atoms with Crippen molar-refractivity contribution < 1.29 is 13.9 Å². The number of carbonyl (C=O) groups excluding carboxylic acids is 1. The predicted octanol–water partition coefficient (Wildman–Crippen LogP) is 1.59. The van der Waals surface area contributed by atoms with E-state index in [0.29, 0.717) is 24.8 Å². The molecule has 0 radical (unpaired) electrons. The molecule has 0 aliphatic carbocycles. The molecule has 29 heavy (non-hydrogen) atoms. The van der Waals surface area contributed by atoms with E-state index in [0.717, 1.165) is 51.8 Å². The maximum Gasteiger partial charge on any atom is 0.289 e. The minimum Gasteiger partial charge on any atom is -0.459 e. The van der Waals surface area contributed by atoms with Gasteiger partial charge in [-0.3, -0.25) is 9.79 Å². The van der Waals surface area contributed by atoms with Gasteiger partial charge in [-0.15, -0.1) is 24.0 Å². The van der Waals surface area contributed by atoms with Gasteiger partial charge in [0.2, 0.25) is 0 Å². The van der Waals surface area contributed by atoms with Crippen LogP contribution in [-0.2, 0) is 4.74 Å². The number of guanidine groups is 1. The van der Waals surface area contributed by atoms with Crippen molar-refractivity contribution in [3.63, 3.8) is 0 Å². The van der Waals surface area contributed by atoms with E-state index >= 15 is 0 Å². The molecular formula is C20H34IN5O3. The quantitative estimate of drug-likeness (QED) is 0.350. The van der Waals surface area contributed by atoms with Gasteiger partial charge in [-0.2, -0.15) is 0 Å². The van der Waals surface area contributed by atoms with Crippen molar-refractivity contribution in [2.24, 2.45) is 10.9 Å². The third-order valence-corrected chi connectivity index (χ3v) is 5.68. The number of hydrogen-bond acceptors (Lipinski definition) is 5. The zero-order chi connectivity index (χ0) is 19.8. The molecule has 0 unspecified atom stereocenters. The largest absolute Gasteiger partial charge is 0.459 e. The highest BCUT2D eigenvalue weighted by atomic mass is 127. The summed E-state index contributed by atoms with van der Waals surface area (Å²) < 4.78 is 10.4. The molecule has 8 nitrogen and oxygen atoms in total. The van der Waals surface area contributed by atoms with Crippen LogP contribution in [0.3, 0.4) is 0 Å². The van der Waals surface area contributed by atoms with Crippen LogP contribution in [0.25, 0.3) is 0 Å². The standard InChI is InChI=1S/C20H33N5O3.HI/c1-21-20(22-16-17-5-7-23(8-6-17)13-15-27-2)25-11-9-24(10-12-25)19(26)18-4-3-14-28-18;/h3-4,14,17H,5-13,15-16H2,1-2H3,(H,21,22);1H. The summed E-state index contributed by atoms with van der Waals surface area (Å²) >= 11 is 0. The van der Waals surface area contributed by atoms with E-state index in [1.54, 1.807) is 19.2 Å². The third kappa shape index (κ3) is 6.85. The molecule has 0 bridgehead atoms. The number of likely N-dealkylation sites (tertiary alicyclic amines) is 1. The number of carbonyl (C=O) groups is 1. The Morgan fingerprint density at radius 3 is 2.48 bits per heavy atom. The van der Waals surface area contributed by atoms with Crippen LogP contribution < -0.4 is 5.32 Å². The zero-order valence-electron chi connectivity index (χ0n) is 17.5. The number of aliphatic imine (C=N–C) groups is 1. The third-order valence-electron chi connectivity index (χ3n) is 5.68. The molecule has 1 aromatic heterocycles. The predicted molar refractivity (Wildman–Crippen MR) is 124 cm³/mol. The molecular weight excluding hydrogens is 485 g/mol. The first-order valence-electron chi connectivity index (χ1n) is 10.2. The number of furan rings is 1. The highest BCUT2D eigenvalue weighted by Crippen LogP contribution is 2.16. The van der Waals surface area contributed by atoms with Crippen LogP contribution in [-0.4, -0.2) is 99.7 Å². The van der Waals surface area contributed by atoms with Gasteiger partial charge in [0.25, 0.3) is 5.91 Å². The molecule has 2 saturated heterocycles. The van der Waals surface area contributed by atoms with Crippen molar-refractivity contribution in [2.45, 2.75) is 12.8 Å². The van der Waals surface area contributed by atoms with E-state index in [2.05, 4.69) is 20.1 Å². The summed E-state index contributed by atoms with van der Waals surface area (Å²) in [5, 5.41) is 3.55. The Kier molecular flexibility index (Phi) is 10.2. The van der Waals surface area contributed by atoms with Crippen LogP contribution in [0.2, 0.25) is 0 Å². The van der Waals surface area contributed by atoms with Gasteiger partial charge < -0.3 is 29.2 Å². The van der Waals surface area contributed by atoms with E-state index in [9.17, 15) is 4.79 Å². The molecule has 0 saturated carbocycles. The van der Waals surface area contributed by atoms with E-state index in [1.807, 2.05) is 11.9 Å². The second-order valence-electron chi connectivity index (χ2n) is 7.46. The van der Waals surface area contributed by atoms with Gasteiger partial charge in [-0.25, -0.2) is 0 Å². The molecule has 1 amide bonds. The van der Waals surface area contributed by atoms with E-state index < -0.39 is 0 Å². The summed E-state index contributed by atoms with van der Waals surface area (Å²) in [6.07, 6.45) is 3.95. The van der Waals surface area contributed by atoms with Crippen molar-refractivity contribution in [3.05, 3.63) is 24.2 Å². The second kappa shape index (κ2) is 12.4. The number of methoxy groups -OCH3 is 1. The fourth-order valence-corrected chi connectivity index (χ4v) is 3.88. The van der Waals surface area contributed by atoms with E-state index in [4.69, 9.17) is 9.15 Å². The van der Waals surface area contributed by atoms with Gasteiger partial charge in [0.15, 0.2) is 11.7 Å². The summed E-state index contributed by atoms with van der Waals surface area (Å²) in [4.78, 5) is 23.4. The minimum absolute atomic E-state index is 0. The Bertz CT molecular complexity index is 624. The van der Waals surface area contributed by atoms with Gasteiger partial charge >= 0.3 is 0 Å². The smallest absolute Gasteiger partial charge is 0.289 e. The first kappa shape index (κ1) is 23.9. The van der Waals surface area contributed by atoms with Crippen LogP contribution in [0.1, 0.15) is 23.4 Å². The molecule has 164 valence electrons. The number of halogens is 1. The molecule has 0 atom stereocenters. The highest BCUT2D eigenvalue weighted by molar-refractivity contribution is 14.0. The van der Waals surface area contributed by atoms with Gasteiger partial charge in [-0.1, -0.05) is 0 Å². The number of hydrogen-bond donors (Lipinski definition) is 1. The lowest BCUT2D eigenvalue weighted by molar-refractivity contribution is 0.0657. The molecule has 9 heteroatoms. The van der Waals surface area contributed by atoms with Gasteiger partial charge in [-0.05, 0) is 44.0 Å². The number of ether oxygens (including phenoxy) is 1. The number of rotatable bonds is 6. The number of piperidine rings is 1. The maximum atomic E-state index is 12.4. The Morgan fingerprint density at radius 1 is 1.21 bits per heavy atom. The van der Waals surface area contributed by atoms with Crippen molar-refractivity contribution in [1.82, 2.24) is 20.0 Å². The molecule has 1 N–H and O–H groups in total. The average Bonchev–Trinajstić information content (AvgIpc) is 3.28. The monoisotopic (exact) mass is 519 g/mol. The molecule has 2 aliphatic rings. The van der Waals surface area contributed by atoms with Crippen LogP contribution in [0.4, 0.5) is 0 Å². The maximum absolute atomic E-state index is 12.4. The summed E-state index contributed by atoms with van der Waals surface area (Å²) in [5.41, 5.74) is 0. The number of piperazine rings is 1. The molecule has 3 rings (SSSR count). The van der Waals surface area contributed by atoms with Crippen LogP contribution in [0.5, 0.6) is 0 Å².